The van der Waals surface area contributed by atoms with E-state index in [-0.39, 0.29) is 0 Å². The van der Waals surface area contributed by atoms with Gasteiger partial charge in [0.15, 0.2) is 0 Å². The van der Waals surface area contributed by atoms with Gasteiger partial charge in [0.25, 0.3) is 0 Å². The predicted molar refractivity (Wildman–Crippen MR) is 102 cm³/mol. The molecule has 3 aromatic rings. The summed E-state index contributed by atoms with van der Waals surface area (Å²) in [4.78, 5) is 16.4. The third-order valence-corrected chi connectivity index (χ3v) is 5.04. The highest BCUT2D eigenvalue weighted by Gasteiger charge is 2.11. The highest BCUT2D eigenvalue weighted by Crippen LogP contribution is 2.24. The number of hydrogen-bond donors (Lipinski definition) is 0. The lowest BCUT2D eigenvalue weighted by atomic mass is 10.0. The van der Waals surface area contributed by atoms with Crippen LogP contribution in [0.5, 0.6) is 0 Å². The van der Waals surface area contributed by atoms with Crippen LogP contribution in [0, 0.1) is 13.8 Å². The SMILES string of the molecule is Cc1ccc(-c2cnc3cc(CCN4CCCC4)cnc3c2)c(C)n1. The molecule has 3 aromatic heterocycles. The molecule has 0 bridgehead atoms. The zero-order valence-electron chi connectivity index (χ0n) is 15.0. The Kier molecular flexibility index (Phi) is 4.45. The molecule has 25 heavy (non-hydrogen) atoms. The second-order valence-electron chi connectivity index (χ2n) is 6.99. The van der Waals surface area contributed by atoms with Gasteiger partial charge in [0.05, 0.1) is 11.0 Å². The maximum absolute atomic E-state index is 4.66. The van der Waals surface area contributed by atoms with Crippen LogP contribution >= 0.6 is 0 Å². The Balaban J connectivity index is 1.57. The molecule has 0 atom stereocenters. The normalized spacial score (nSPS) is 15.1. The van der Waals surface area contributed by atoms with Gasteiger partial charge in [-0.25, -0.2) is 0 Å². The van der Waals surface area contributed by atoms with Gasteiger partial charge in [0.1, 0.15) is 0 Å². The summed E-state index contributed by atoms with van der Waals surface area (Å²) in [7, 11) is 0. The van der Waals surface area contributed by atoms with Crippen molar-refractivity contribution >= 4 is 11.0 Å². The molecule has 4 heterocycles. The number of nitrogens with zero attached hydrogens (tertiary/aromatic N) is 4. The number of fused-ring (bicyclic) bond motifs is 1. The van der Waals surface area contributed by atoms with Crippen molar-refractivity contribution in [2.75, 3.05) is 19.6 Å². The fraction of sp³-hybridized carbons (Fsp3) is 0.381. The standard InChI is InChI=1S/C21H24N4/c1-15-5-6-19(16(2)24-15)18-12-21-20(23-14-18)11-17(13-22-21)7-10-25-8-3-4-9-25/h5-6,11-14H,3-4,7-10H2,1-2H3. The molecule has 0 aliphatic carbocycles. The zero-order valence-corrected chi connectivity index (χ0v) is 15.0. The second-order valence-corrected chi connectivity index (χ2v) is 6.99. The minimum absolute atomic E-state index is 0.947. The fourth-order valence-electron chi connectivity index (χ4n) is 3.61. The van der Waals surface area contributed by atoms with Gasteiger partial charge in [0.2, 0.25) is 0 Å². The zero-order chi connectivity index (χ0) is 17.2. The average molecular weight is 332 g/mol. The van der Waals surface area contributed by atoms with E-state index in [0.717, 1.165) is 46.5 Å². The molecule has 0 spiro atoms. The van der Waals surface area contributed by atoms with E-state index >= 15 is 0 Å². The van der Waals surface area contributed by atoms with Crippen molar-refractivity contribution in [1.29, 1.82) is 0 Å². The highest BCUT2D eigenvalue weighted by molar-refractivity contribution is 5.80. The summed E-state index contributed by atoms with van der Waals surface area (Å²) in [6.07, 6.45) is 7.67. The smallest absolute Gasteiger partial charge is 0.0893 e. The lowest BCUT2D eigenvalue weighted by molar-refractivity contribution is 0.343. The van der Waals surface area contributed by atoms with Gasteiger partial charge in [-0.05, 0) is 70.0 Å². The van der Waals surface area contributed by atoms with Gasteiger partial charge in [0, 0.05) is 41.5 Å². The number of pyridine rings is 3. The lowest BCUT2D eigenvalue weighted by Crippen LogP contribution is -2.21. The van der Waals surface area contributed by atoms with Crippen LogP contribution in [0.2, 0.25) is 0 Å². The van der Waals surface area contributed by atoms with Crippen LogP contribution in [-0.4, -0.2) is 39.5 Å². The van der Waals surface area contributed by atoms with Crippen LogP contribution in [0.3, 0.4) is 0 Å². The van der Waals surface area contributed by atoms with Crippen molar-refractivity contribution in [2.24, 2.45) is 0 Å². The molecule has 0 unspecified atom stereocenters. The summed E-state index contributed by atoms with van der Waals surface area (Å²) >= 11 is 0. The van der Waals surface area contributed by atoms with Crippen molar-refractivity contribution in [3.05, 3.63) is 53.6 Å². The lowest BCUT2D eigenvalue weighted by Gasteiger charge is -2.14. The second kappa shape index (κ2) is 6.89. The topological polar surface area (TPSA) is 41.9 Å². The van der Waals surface area contributed by atoms with E-state index in [1.165, 1.54) is 31.5 Å². The van der Waals surface area contributed by atoms with Gasteiger partial charge in [-0.3, -0.25) is 15.0 Å². The van der Waals surface area contributed by atoms with Crippen molar-refractivity contribution < 1.29 is 0 Å². The van der Waals surface area contributed by atoms with Gasteiger partial charge < -0.3 is 4.90 Å². The molecular formula is C21H24N4. The van der Waals surface area contributed by atoms with E-state index in [9.17, 15) is 0 Å². The molecule has 128 valence electrons. The molecule has 0 amide bonds. The molecule has 1 aliphatic heterocycles. The van der Waals surface area contributed by atoms with Crippen LogP contribution in [-0.2, 0) is 6.42 Å². The Morgan fingerprint density at radius 3 is 2.52 bits per heavy atom. The summed E-state index contributed by atoms with van der Waals surface area (Å²) in [5.41, 5.74) is 7.46. The predicted octanol–water partition coefficient (Wildman–Crippen LogP) is 3.95. The highest BCUT2D eigenvalue weighted by atomic mass is 15.1. The van der Waals surface area contributed by atoms with Gasteiger partial charge >= 0.3 is 0 Å². The van der Waals surface area contributed by atoms with E-state index in [1.54, 1.807) is 0 Å². The molecule has 0 aromatic carbocycles. The third kappa shape index (κ3) is 3.54. The first-order valence-electron chi connectivity index (χ1n) is 9.11. The van der Waals surface area contributed by atoms with E-state index < -0.39 is 0 Å². The molecule has 1 saturated heterocycles. The summed E-state index contributed by atoms with van der Waals surface area (Å²) in [6.45, 7) is 7.67. The number of hydrogen-bond acceptors (Lipinski definition) is 4. The molecule has 1 fully saturated rings. The van der Waals surface area contributed by atoms with Crippen molar-refractivity contribution in [1.82, 2.24) is 19.9 Å². The first-order valence-corrected chi connectivity index (χ1v) is 9.11. The number of likely N-dealkylation sites (tertiary alicyclic amines) is 1. The van der Waals surface area contributed by atoms with Crippen LogP contribution in [0.15, 0.2) is 36.7 Å². The van der Waals surface area contributed by atoms with E-state index in [1.807, 2.05) is 32.3 Å². The Bertz CT molecular complexity index is 898. The van der Waals surface area contributed by atoms with Crippen LogP contribution in [0.1, 0.15) is 29.8 Å². The minimum atomic E-state index is 0.947. The molecule has 4 rings (SSSR count). The molecule has 0 saturated carbocycles. The van der Waals surface area contributed by atoms with E-state index in [2.05, 4.69) is 38.1 Å². The maximum Gasteiger partial charge on any atom is 0.0893 e. The largest absolute Gasteiger partial charge is 0.303 e. The molecule has 1 aliphatic rings. The fourth-order valence-corrected chi connectivity index (χ4v) is 3.61. The van der Waals surface area contributed by atoms with Gasteiger partial charge in [-0.2, -0.15) is 0 Å². The van der Waals surface area contributed by atoms with Crippen molar-refractivity contribution in [2.45, 2.75) is 33.1 Å². The summed E-state index contributed by atoms with van der Waals surface area (Å²) in [5.74, 6) is 0. The monoisotopic (exact) mass is 332 g/mol. The minimum Gasteiger partial charge on any atom is -0.303 e. The van der Waals surface area contributed by atoms with E-state index in [0.29, 0.717) is 0 Å². The Morgan fingerprint density at radius 2 is 1.72 bits per heavy atom. The van der Waals surface area contributed by atoms with Crippen molar-refractivity contribution in [3.8, 4) is 11.1 Å². The van der Waals surface area contributed by atoms with Crippen LogP contribution in [0.25, 0.3) is 22.2 Å². The van der Waals surface area contributed by atoms with Gasteiger partial charge in [-0.1, -0.05) is 6.07 Å². The van der Waals surface area contributed by atoms with Crippen LogP contribution in [0.4, 0.5) is 0 Å². The molecule has 0 N–H and O–H groups in total. The van der Waals surface area contributed by atoms with E-state index in [4.69, 9.17) is 0 Å². The number of rotatable bonds is 4. The summed E-state index contributed by atoms with van der Waals surface area (Å²) in [5, 5.41) is 0. The maximum atomic E-state index is 4.66. The molecule has 4 heteroatoms. The quantitative estimate of drug-likeness (QED) is 0.725. The Labute approximate surface area is 149 Å². The average Bonchev–Trinajstić information content (AvgIpc) is 3.13. The number of aryl methyl sites for hydroxylation is 2. The molecule has 4 nitrogen and oxygen atoms in total. The Hall–Kier alpha value is -2.33. The summed E-state index contributed by atoms with van der Waals surface area (Å²) in [6, 6.07) is 8.46. The first-order chi connectivity index (χ1) is 12.2. The first kappa shape index (κ1) is 16.2. The third-order valence-electron chi connectivity index (χ3n) is 5.04. The Morgan fingerprint density at radius 1 is 0.960 bits per heavy atom. The molecular weight excluding hydrogens is 308 g/mol. The van der Waals surface area contributed by atoms with Crippen LogP contribution < -0.4 is 0 Å². The van der Waals surface area contributed by atoms with Gasteiger partial charge in [-0.15, -0.1) is 0 Å². The number of aromatic nitrogens is 3. The summed E-state index contributed by atoms with van der Waals surface area (Å²) < 4.78 is 0. The van der Waals surface area contributed by atoms with Crippen molar-refractivity contribution in [3.63, 3.8) is 0 Å². The molecule has 0 radical (unpaired) electrons.